The van der Waals surface area contributed by atoms with Crippen LogP contribution in [0.3, 0.4) is 0 Å². The molecule has 7 nitrogen and oxygen atoms in total. The van der Waals surface area contributed by atoms with Crippen LogP contribution in [-0.4, -0.2) is 53.5 Å². The first kappa shape index (κ1) is 23.5. The topological polar surface area (TPSA) is 80.4 Å². The molecule has 1 amide bonds. The van der Waals surface area contributed by atoms with Crippen LogP contribution in [0.25, 0.3) is 11.1 Å². The molecule has 0 radical (unpaired) electrons. The first-order chi connectivity index (χ1) is 16.6. The average molecular weight is 459 g/mol. The minimum Gasteiger partial charge on any atom is -0.468 e. The Morgan fingerprint density at radius 3 is 2.59 bits per heavy atom. The fraction of sp³-hybridized carbons (Fsp3) is 0.370. The van der Waals surface area contributed by atoms with Crippen LogP contribution in [0.5, 0.6) is 5.88 Å². The van der Waals surface area contributed by atoms with Gasteiger partial charge in [-0.3, -0.25) is 4.79 Å². The fourth-order valence-corrected chi connectivity index (χ4v) is 4.27. The first-order valence-corrected chi connectivity index (χ1v) is 11.7. The largest absolute Gasteiger partial charge is 0.468 e. The summed E-state index contributed by atoms with van der Waals surface area (Å²) in [5, 5.41) is 14.1. The quantitative estimate of drug-likeness (QED) is 0.514. The molecule has 0 atom stereocenters. The van der Waals surface area contributed by atoms with E-state index in [4.69, 9.17) is 9.47 Å². The van der Waals surface area contributed by atoms with Gasteiger partial charge in [0.2, 0.25) is 5.88 Å². The van der Waals surface area contributed by atoms with Gasteiger partial charge in [0.05, 0.1) is 30.5 Å². The Labute approximate surface area is 200 Å². The monoisotopic (exact) mass is 458 g/mol. The van der Waals surface area contributed by atoms with Crippen LogP contribution in [0.2, 0.25) is 0 Å². The van der Waals surface area contributed by atoms with E-state index in [2.05, 4.69) is 30.2 Å². The summed E-state index contributed by atoms with van der Waals surface area (Å²) in [4.78, 5) is 14.4. The predicted molar refractivity (Wildman–Crippen MR) is 129 cm³/mol. The van der Waals surface area contributed by atoms with E-state index in [1.54, 1.807) is 9.58 Å². The Kier molecular flexibility index (Phi) is 7.61. The van der Waals surface area contributed by atoms with Crippen LogP contribution in [0.1, 0.15) is 35.7 Å². The van der Waals surface area contributed by atoms with Crippen LogP contribution in [0.15, 0.2) is 48.5 Å². The summed E-state index contributed by atoms with van der Waals surface area (Å²) in [5.41, 5.74) is 5.73. The average Bonchev–Trinajstić information content (AvgIpc) is 3.17. The summed E-state index contributed by atoms with van der Waals surface area (Å²) in [6.45, 7) is 4.45. The van der Waals surface area contributed by atoms with Crippen molar-refractivity contribution in [3.05, 3.63) is 70.9 Å². The van der Waals surface area contributed by atoms with Gasteiger partial charge in [0, 0.05) is 32.1 Å². The van der Waals surface area contributed by atoms with Crippen molar-refractivity contribution in [1.29, 1.82) is 5.26 Å². The molecule has 1 fully saturated rings. The summed E-state index contributed by atoms with van der Waals surface area (Å²) in [6.07, 6.45) is 2.47. The number of aromatic nitrogens is 2. The van der Waals surface area contributed by atoms with Crippen molar-refractivity contribution in [2.45, 2.75) is 26.2 Å². The number of rotatable bonds is 8. The van der Waals surface area contributed by atoms with Crippen LogP contribution in [0, 0.1) is 11.3 Å². The number of nitriles is 1. The Bertz CT molecular complexity index is 1170. The molecule has 34 heavy (non-hydrogen) atoms. The molecule has 0 unspecified atom stereocenters. The van der Waals surface area contributed by atoms with Gasteiger partial charge >= 0.3 is 0 Å². The van der Waals surface area contributed by atoms with Crippen molar-refractivity contribution in [2.24, 2.45) is 7.05 Å². The lowest BCUT2D eigenvalue weighted by atomic mass is 9.97. The molecule has 1 aromatic heterocycles. The molecular weight excluding hydrogens is 428 g/mol. The van der Waals surface area contributed by atoms with Crippen LogP contribution in [0.4, 0.5) is 0 Å². The highest BCUT2D eigenvalue weighted by atomic mass is 16.5. The summed E-state index contributed by atoms with van der Waals surface area (Å²) in [7, 11) is 1.86. The van der Waals surface area contributed by atoms with Crippen molar-refractivity contribution in [1.82, 2.24) is 14.7 Å². The zero-order chi connectivity index (χ0) is 23.9. The molecule has 0 saturated carbocycles. The number of benzene rings is 2. The maximum atomic E-state index is 12.6. The van der Waals surface area contributed by atoms with Crippen LogP contribution >= 0.6 is 0 Å². The molecule has 3 aromatic rings. The van der Waals surface area contributed by atoms with Gasteiger partial charge in [-0.1, -0.05) is 55.8 Å². The van der Waals surface area contributed by atoms with Crippen molar-refractivity contribution >= 4 is 5.91 Å². The molecule has 1 aliphatic rings. The Morgan fingerprint density at radius 2 is 1.88 bits per heavy atom. The maximum absolute atomic E-state index is 12.6. The van der Waals surface area contributed by atoms with Crippen molar-refractivity contribution < 1.29 is 14.3 Å². The van der Waals surface area contributed by atoms with Crippen molar-refractivity contribution in [3.63, 3.8) is 0 Å². The molecular formula is C27H30N4O3. The number of carbonyl (C=O) groups is 1. The summed E-state index contributed by atoms with van der Waals surface area (Å²) in [6, 6.07) is 18.1. The van der Waals surface area contributed by atoms with Gasteiger partial charge in [-0.2, -0.15) is 10.4 Å². The second-order valence-corrected chi connectivity index (χ2v) is 8.42. The second-order valence-electron chi connectivity index (χ2n) is 8.42. The number of amides is 1. The van der Waals surface area contributed by atoms with E-state index in [1.807, 2.05) is 43.4 Å². The zero-order valence-corrected chi connectivity index (χ0v) is 19.8. The fourth-order valence-electron chi connectivity index (χ4n) is 4.27. The van der Waals surface area contributed by atoms with E-state index in [-0.39, 0.29) is 12.5 Å². The highest BCUT2D eigenvalue weighted by Crippen LogP contribution is 2.28. The molecule has 7 heteroatoms. The molecule has 1 saturated heterocycles. The molecule has 2 aromatic carbocycles. The molecule has 0 aliphatic carbocycles. The summed E-state index contributed by atoms with van der Waals surface area (Å²) < 4.78 is 13.1. The van der Waals surface area contributed by atoms with Crippen LogP contribution in [-0.2, 0) is 29.4 Å². The van der Waals surface area contributed by atoms with Crippen molar-refractivity contribution in [2.75, 3.05) is 32.9 Å². The highest BCUT2D eigenvalue weighted by Gasteiger charge is 2.21. The Morgan fingerprint density at radius 1 is 1.15 bits per heavy atom. The predicted octanol–water partition coefficient (Wildman–Crippen LogP) is 3.74. The third-order valence-corrected chi connectivity index (χ3v) is 6.05. The molecule has 0 bridgehead atoms. The smallest absolute Gasteiger partial charge is 0.260 e. The second kappa shape index (κ2) is 11.0. The highest BCUT2D eigenvalue weighted by molar-refractivity contribution is 5.78. The number of ether oxygens (including phenoxy) is 2. The van der Waals surface area contributed by atoms with Gasteiger partial charge in [-0.05, 0) is 29.2 Å². The molecule has 2 heterocycles. The first-order valence-electron chi connectivity index (χ1n) is 11.7. The minimum atomic E-state index is -0.0343. The van der Waals surface area contributed by atoms with Gasteiger partial charge in [0.15, 0.2) is 6.61 Å². The zero-order valence-electron chi connectivity index (χ0n) is 19.8. The third-order valence-electron chi connectivity index (χ3n) is 6.05. The number of hydrogen-bond acceptors (Lipinski definition) is 5. The number of hydrogen-bond donors (Lipinski definition) is 0. The van der Waals surface area contributed by atoms with Gasteiger partial charge in [0.25, 0.3) is 5.91 Å². The van der Waals surface area contributed by atoms with Gasteiger partial charge in [0.1, 0.15) is 0 Å². The minimum absolute atomic E-state index is 0.0119. The molecule has 4 rings (SSSR count). The SMILES string of the molecule is CCCc1nn(C)c(OCC(=O)N2CCOCC2)c1Cc1ccc(-c2ccccc2C#N)cc1. The third kappa shape index (κ3) is 5.29. The van der Waals surface area contributed by atoms with E-state index in [9.17, 15) is 10.1 Å². The standard InChI is InChI=1S/C27H30N4O3/c1-3-6-25-24(27(30(2)29-25)34-19-26(32)31-13-15-33-16-14-31)17-20-9-11-21(12-10-20)23-8-5-4-7-22(23)18-28/h4-5,7-12H,3,6,13-17,19H2,1-2H3. The Hall–Kier alpha value is -3.63. The van der Waals surface area contributed by atoms with E-state index >= 15 is 0 Å². The number of morpholine rings is 1. The lowest BCUT2D eigenvalue weighted by molar-refractivity contribution is -0.137. The van der Waals surface area contributed by atoms with E-state index in [0.717, 1.165) is 40.8 Å². The van der Waals surface area contributed by atoms with Gasteiger partial charge in [-0.25, -0.2) is 4.68 Å². The van der Waals surface area contributed by atoms with Gasteiger partial charge < -0.3 is 14.4 Å². The summed E-state index contributed by atoms with van der Waals surface area (Å²) in [5.74, 6) is 0.608. The molecule has 0 N–H and O–H groups in total. The van der Waals surface area contributed by atoms with E-state index < -0.39 is 0 Å². The summed E-state index contributed by atoms with van der Waals surface area (Å²) >= 11 is 0. The van der Waals surface area contributed by atoms with Crippen LogP contribution < -0.4 is 4.74 Å². The van der Waals surface area contributed by atoms with Gasteiger partial charge in [-0.15, -0.1) is 0 Å². The maximum Gasteiger partial charge on any atom is 0.260 e. The van der Waals surface area contributed by atoms with Crippen molar-refractivity contribution in [3.8, 4) is 23.1 Å². The normalized spacial score (nSPS) is 13.5. The number of carbonyl (C=O) groups excluding carboxylic acids is 1. The number of nitrogens with zero attached hydrogens (tertiary/aromatic N) is 4. The lowest BCUT2D eigenvalue weighted by Crippen LogP contribution is -2.43. The molecule has 1 aliphatic heterocycles. The Balaban J connectivity index is 1.53. The number of aryl methyl sites for hydroxylation is 2. The lowest BCUT2D eigenvalue weighted by Gasteiger charge is -2.26. The molecule has 0 spiro atoms. The van der Waals surface area contributed by atoms with E-state index in [1.165, 1.54) is 0 Å². The molecule has 176 valence electrons. The van der Waals surface area contributed by atoms with E-state index in [0.29, 0.717) is 44.2 Å².